The summed E-state index contributed by atoms with van der Waals surface area (Å²) in [5, 5.41) is 3.42. The third kappa shape index (κ3) is 4.39. The summed E-state index contributed by atoms with van der Waals surface area (Å²) in [5.74, 6) is 1.90. The molecule has 4 rings (SSSR count). The van der Waals surface area contributed by atoms with Gasteiger partial charge in [-0.25, -0.2) is 9.97 Å². The summed E-state index contributed by atoms with van der Waals surface area (Å²) in [6, 6.07) is 9.90. The van der Waals surface area contributed by atoms with E-state index in [-0.39, 0.29) is 6.10 Å². The van der Waals surface area contributed by atoms with Crippen molar-refractivity contribution in [3.63, 3.8) is 0 Å². The van der Waals surface area contributed by atoms with Crippen molar-refractivity contribution in [2.45, 2.75) is 32.8 Å². The van der Waals surface area contributed by atoms with Crippen LogP contribution in [-0.2, 0) is 0 Å². The summed E-state index contributed by atoms with van der Waals surface area (Å²) in [5.41, 5.74) is 3.30. The maximum Gasteiger partial charge on any atom is 0.242 e. The molecule has 1 aliphatic rings. The first-order chi connectivity index (χ1) is 13.7. The molecule has 0 bridgehead atoms. The Balaban J connectivity index is 1.61. The van der Waals surface area contributed by atoms with E-state index in [1.54, 1.807) is 12.4 Å². The largest absolute Gasteiger partial charge is 0.491 e. The summed E-state index contributed by atoms with van der Waals surface area (Å²) >= 11 is 0. The number of hydrogen-bond donors (Lipinski definition) is 1. The molecule has 0 radical (unpaired) electrons. The minimum atomic E-state index is 0.147. The van der Waals surface area contributed by atoms with Crippen molar-refractivity contribution in [3.8, 4) is 22.9 Å². The Morgan fingerprint density at radius 3 is 2.71 bits per heavy atom. The predicted octanol–water partition coefficient (Wildman–Crippen LogP) is 3.86. The molecular weight excluding hydrogens is 352 g/mol. The molecule has 6 nitrogen and oxygen atoms in total. The third-order valence-electron chi connectivity index (χ3n) is 4.80. The molecule has 146 valence electrons. The van der Waals surface area contributed by atoms with Crippen molar-refractivity contribution < 1.29 is 9.47 Å². The van der Waals surface area contributed by atoms with Gasteiger partial charge in [-0.1, -0.05) is 0 Å². The number of pyridine rings is 1. The van der Waals surface area contributed by atoms with Crippen LogP contribution in [-0.4, -0.2) is 40.8 Å². The van der Waals surface area contributed by atoms with Gasteiger partial charge < -0.3 is 14.8 Å². The fourth-order valence-electron chi connectivity index (χ4n) is 3.43. The van der Waals surface area contributed by atoms with Crippen molar-refractivity contribution in [2.75, 3.05) is 19.7 Å². The highest BCUT2D eigenvalue weighted by molar-refractivity contribution is 5.83. The second-order valence-corrected chi connectivity index (χ2v) is 7.45. The van der Waals surface area contributed by atoms with E-state index in [1.165, 1.54) is 12.8 Å². The van der Waals surface area contributed by atoms with Gasteiger partial charge in [-0.2, -0.15) is 0 Å². The number of hydrogen-bond acceptors (Lipinski definition) is 6. The minimum Gasteiger partial charge on any atom is -0.491 e. The molecule has 1 aromatic carbocycles. The lowest BCUT2D eigenvalue weighted by Gasteiger charge is -2.22. The summed E-state index contributed by atoms with van der Waals surface area (Å²) in [6.45, 7) is 6.75. The summed E-state index contributed by atoms with van der Waals surface area (Å²) in [4.78, 5) is 13.7. The number of fused-ring (bicyclic) bond motifs is 1. The van der Waals surface area contributed by atoms with Crippen LogP contribution in [0.5, 0.6) is 11.6 Å². The van der Waals surface area contributed by atoms with Crippen LogP contribution in [0.25, 0.3) is 22.3 Å². The van der Waals surface area contributed by atoms with E-state index in [2.05, 4.69) is 15.3 Å². The van der Waals surface area contributed by atoms with Crippen LogP contribution in [0.4, 0.5) is 0 Å². The number of ether oxygens (including phenoxy) is 2. The van der Waals surface area contributed by atoms with Gasteiger partial charge in [0.15, 0.2) is 5.52 Å². The molecule has 0 unspecified atom stereocenters. The third-order valence-corrected chi connectivity index (χ3v) is 4.80. The van der Waals surface area contributed by atoms with Gasteiger partial charge in [0.05, 0.1) is 23.9 Å². The van der Waals surface area contributed by atoms with Crippen LogP contribution >= 0.6 is 0 Å². The standard InChI is InChI=1S/C22H26N4O2/c1-15(2)28-18-7-5-17(6-8-18)19-12-20-21(25-11-10-24-20)22(26-19)27-14-16-4-3-9-23-13-16/h5-8,10-12,15-16,23H,3-4,9,13-14H2,1-2H3/t16-/m0/s1. The van der Waals surface area contributed by atoms with Crippen molar-refractivity contribution in [2.24, 2.45) is 5.92 Å². The zero-order chi connectivity index (χ0) is 19.3. The molecule has 0 saturated carbocycles. The predicted molar refractivity (Wildman–Crippen MR) is 110 cm³/mol. The topological polar surface area (TPSA) is 69.2 Å². The molecule has 0 spiro atoms. The van der Waals surface area contributed by atoms with Crippen LogP contribution < -0.4 is 14.8 Å². The highest BCUT2D eigenvalue weighted by Gasteiger charge is 2.16. The number of rotatable bonds is 6. The summed E-state index contributed by atoms with van der Waals surface area (Å²) < 4.78 is 11.9. The SMILES string of the molecule is CC(C)Oc1ccc(-c2cc3nccnc3c(OC[C@H]3CCCNC3)n2)cc1. The Bertz CT molecular complexity index is 921. The van der Waals surface area contributed by atoms with Crippen molar-refractivity contribution >= 4 is 11.0 Å². The van der Waals surface area contributed by atoms with Gasteiger partial charge >= 0.3 is 0 Å². The maximum atomic E-state index is 6.12. The van der Waals surface area contributed by atoms with Gasteiger partial charge in [0.25, 0.3) is 0 Å². The number of benzene rings is 1. The Morgan fingerprint density at radius 1 is 1.14 bits per heavy atom. The number of piperidine rings is 1. The Morgan fingerprint density at radius 2 is 1.96 bits per heavy atom. The zero-order valence-electron chi connectivity index (χ0n) is 16.4. The second-order valence-electron chi connectivity index (χ2n) is 7.45. The molecule has 1 N–H and O–H groups in total. The molecule has 1 saturated heterocycles. The first-order valence-corrected chi connectivity index (χ1v) is 9.91. The molecule has 1 fully saturated rings. The second kappa shape index (κ2) is 8.52. The first kappa shape index (κ1) is 18.6. The summed E-state index contributed by atoms with van der Waals surface area (Å²) in [7, 11) is 0. The average molecular weight is 378 g/mol. The van der Waals surface area contributed by atoms with Crippen molar-refractivity contribution in [3.05, 3.63) is 42.7 Å². The highest BCUT2D eigenvalue weighted by atomic mass is 16.5. The molecule has 3 heterocycles. The van der Waals surface area contributed by atoms with Crippen LogP contribution in [0.1, 0.15) is 26.7 Å². The number of nitrogens with one attached hydrogen (secondary N) is 1. The Labute approximate surface area is 165 Å². The van der Waals surface area contributed by atoms with E-state index in [0.717, 1.165) is 35.6 Å². The lowest BCUT2D eigenvalue weighted by molar-refractivity contribution is 0.214. The van der Waals surface area contributed by atoms with Crippen molar-refractivity contribution in [1.82, 2.24) is 20.3 Å². The summed E-state index contributed by atoms with van der Waals surface area (Å²) in [6.07, 6.45) is 5.88. The minimum absolute atomic E-state index is 0.147. The smallest absolute Gasteiger partial charge is 0.242 e. The van der Waals surface area contributed by atoms with Crippen LogP contribution in [0.3, 0.4) is 0 Å². The molecule has 2 aromatic heterocycles. The van der Waals surface area contributed by atoms with E-state index < -0.39 is 0 Å². The maximum absolute atomic E-state index is 6.12. The van der Waals surface area contributed by atoms with Gasteiger partial charge in [-0.15, -0.1) is 0 Å². The highest BCUT2D eigenvalue weighted by Crippen LogP contribution is 2.28. The molecular formula is C22H26N4O2. The van der Waals surface area contributed by atoms with E-state index in [4.69, 9.17) is 14.5 Å². The van der Waals surface area contributed by atoms with Crippen LogP contribution in [0.2, 0.25) is 0 Å². The van der Waals surface area contributed by atoms with Gasteiger partial charge in [-0.3, -0.25) is 4.98 Å². The molecule has 6 heteroatoms. The first-order valence-electron chi connectivity index (χ1n) is 9.91. The van der Waals surface area contributed by atoms with E-state index in [9.17, 15) is 0 Å². The Kier molecular flexibility index (Phi) is 5.67. The molecule has 0 amide bonds. The number of aromatic nitrogens is 3. The molecule has 1 atom stereocenters. The fourth-order valence-corrected chi connectivity index (χ4v) is 3.43. The van der Waals surface area contributed by atoms with Crippen molar-refractivity contribution in [1.29, 1.82) is 0 Å². The zero-order valence-corrected chi connectivity index (χ0v) is 16.4. The molecule has 28 heavy (non-hydrogen) atoms. The van der Waals surface area contributed by atoms with Gasteiger partial charge in [0.2, 0.25) is 5.88 Å². The quantitative estimate of drug-likeness (QED) is 0.702. The normalized spacial score (nSPS) is 17.0. The molecule has 0 aliphatic carbocycles. The van der Waals surface area contributed by atoms with Crippen LogP contribution in [0.15, 0.2) is 42.7 Å². The van der Waals surface area contributed by atoms with Gasteiger partial charge in [-0.05, 0) is 63.6 Å². The van der Waals surface area contributed by atoms with Gasteiger partial charge in [0, 0.05) is 30.4 Å². The van der Waals surface area contributed by atoms with E-state index >= 15 is 0 Å². The fraction of sp³-hybridized carbons (Fsp3) is 0.409. The number of nitrogens with zero attached hydrogens (tertiary/aromatic N) is 3. The van der Waals surface area contributed by atoms with E-state index in [1.807, 2.05) is 44.2 Å². The van der Waals surface area contributed by atoms with E-state index in [0.29, 0.717) is 23.9 Å². The molecule has 3 aromatic rings. The van der Waals surface area contributed by atoms with Gasteiger partial charge in [0.1, 0.15) is 5.75 Å². The lowest BCUT2D eigenvalue weighted by atomic mass is 10.0. The lowest BCUT2D eigenvalue weighted by Crippen LogP contribution is -2.33. The van der Waals surface area contributed by atoms with Crippen LogP contribution in [0, 0.1) is 5.92 Å². The Hall–Kier alpha value is -2.73. The average Bonchev–Trinajstić information content (AvgIpc) is 2.73. The monoisotopic (exact) mass is 378 g/mol. The molecule has 1 aliphatic heterocycles.